The molecule has 0 atom stereocenters. The van der Waals surface area contributed by atoms with E-state index in [-0.39, 0.29) is 0 Å². The number of hydrogen-bond donors (Lipinski definition) is 2. The second-order valence-corrected chi connectivity index (χ2v) is 7.15. The SMILES string of the molecule is CC.COc1cc(NCCCCN)c2nccc(C)c2c1Oc1ccc(Cl)c(C)c1. The second-order valence-electron chi connectivity index (χ2n) is 6.74. The monoisotopic (exact) mass is 429 g/mol. The predicted molar refractivity (Wildman–Crippen MR) is 127 cm³/mol. The topological polar surface area (TPSA) is 69.4 Å². The molecule has 3 N–H and O–H groups in total. The van der Waals surface area contributed by atoms with Crippen molar-refractivity contribution in [1.82, 2.24) is 4.98 Å². The van der Waals surface area contributed by atoms with E-state index in [4.69, 9.17) is 26.8 Å². The number of hydrogen-bond acceptors (Lipinski definition) is 5. The first-order chi connectivity index (χ1) is 14.5. The van der Waals surface area contributed by atoms with Gasteiger partial charge in [0.25, 0.3) is 0 Å². The fourth-order valence-corrected chi connectivity index (χ4v) is 3.23. The molecule has 1 heterocycles. The van der Waals surface area contributed by atoms with Crippen molar-refractivity contribution in [2.45, 2.75) is 40.5 Å². The lowest BCUT2D eigenvalue weighted by molar-refractivity contribution is 0.381. The van der Waals surface area contributed by atoms with E-state index < -0.39 is 0 Å². The first-order valence-electron chi connectivity index (χ1n) is 10.4. The van der Waals surface area contributed by atoms with Gasteiger partial charge in [-0.3, -0.25) is 4.98 Å². The third-order valence-corrected chi connectivity index (χ3v) is 5.08. The number of aromatic nitrogens is 1. The zero-order chi connectivity index (χ0) is 22.1. The van der Waals surface area contributed by atoms with E-state index in [1.165, 1.54) is 0 Å². The van der Waals surface area contributed by atoms with Crippen molar-refractivity contribution in [3.8, 4) is 17.2 Å². The van der Waals surface area contributed by atoms with E-state index in [0.717, 1.165) is 47.1 Å². The Morgan fingerprint density at radius 2 is 1.83 bits per heavy atom. The molecular formula is C24H32ClN3O2. The van der Waals surface area contributed by atoms with Crippen LogP contribution in [0.15, 0.2) is 36.5 Å². The molecule has 0 radical (unpaired) electrons. The molecule has 0 amide bonds. The zero-order valence-corrected chi connectivity index (χ0v) is 19.3. The summed E-state index contributed by atoms with van der Waals surface area (Å²) in [6, 6.07) is 9.51. The Balaban J connectivity index is 0.00000155. The number of unbranched alkanes of at least 4 members (excludes halogenated alkanes) is 1. The van der Waals surface area contributed by atoms with Gasteiger partial charge in [0, 0.05) is 23.8 Å². The highest BCUT2D eigenvalue weighted by Crippen LogP contribution is 2.43. The predicted octanol–water partition coefficient (Wildman–Crippen LogP) is 6.48. The lowest BCUT2D eigenvalue weighted by Crippen LogP contribution is -2.07. The minimum absolute atomic E-state index is 0.650. The molecule has 0 bridgehead atoms. The Kier molecular flexibility index (Phi) is 9.21. The third kappa shape index (κ3) is 5.55. The number of rotatable bonds is 8. The van der Waals surface area contributed by atoms with Crippen LogP contribution in [0.2, 0.25) is 5.02 Å². The van der Waals surface area contributed by atoms with Gasteiger partial charge in [0.2, 0.25) is 0 Å². The van der Waals surface area contributed by atoms with Crippen molar-refractivity contribution in [2.24, 2.45) is 5.73 Å². The van der Waals surface area contributed by atoms with Gasteiger partial charge in [0.05, 0.1) is 23.7 Å². The maximum atomic E-state index is 6.26. The van der Waals surface area contributed by atoms with Crippen molar-refractivity contribution < 1.29 is 9.47 Å². The molecule has 0 aliphatic rings. The van der Waals surface area contributed by atoms with Gasteiger partial charge in [-0.05, 0) is 68.6 Å². The first-order valence-corrected chi connectivity index (χ1v) is 10.8. The summed E-state index contributed by atoms with van der Waals surface area (Å²) in [6.45, 7) is 9.51. The number of anilines is 1. The summed E-state index contributed by atoms with van der Waals surface area (Å²) in [5, 5.41) is 5.10. The molecule has 0 spiro atoms. The maximum absolute atomic E-state index is 6.26. The lowest BCUT2D eigenvalue weighted by Gasteiger charge is -2.18. The van der Waals surface area contributed by atoms with Crippen LogP contribution in [0.1, 0.15) is 37.8 Å². The van der Waals surface area contributed by atoms with Crippen LogP contribution in [0.5, 0.6) is 17.2 Å². The van der Waals surface area contributed by atoms with Crippen molar-refractivity contribution in [3.63, 3.8) is 0 Å². The molecule has 2 aromatic carbocycles. The van der Waals surface area contributed by atoms with E-state index >= 15 is 0 Å². The summed E-state index contributed by atoms with van der Waals surface area (Å²) >= 11 is 6.15. The normalized spacial score (nSPS) is 10.4. The van der Waals surface area contributed by atoms with Crippen LogP contribution >= 0.6 is 11.6 Å². The quantitative estimate of drug-likeness (QED) is 0.401. The van der Waals surface area contributed by atoms with Crippen molar-refractivity contribution >= 4 is 28.2 Å². The average Bonchev–Trinajstić information content (AvgIpc) is 2.76. The molecule has 162 valence electrons. The summed E-state index contributed by atoms with van der Waals surface area (Å²) in [5.41, 5.74) is 9.39. The molecule has 1 aromatic heterocycles. The number of nitrogens with two attached hydrogens (primary N) is 1. The number of aryl methyl sites for hydroxylation is 2. The van der Waals surface area contributed by atoms with E-state index in [1.54, 1.807) is 7.11 Å². The number of nitrogens with one attached hydrogen (secondary N) is 1. The van der Waals surface area contributed by atoms with Gasteiger partial charge in [0.15, 0.2) is 11.5 Å². The molecule has 0 aliphatic carbocycles. The summed E-state index contributed by atoms with van der Waals surface area (Å²) in [6.07, 6.45) is 3.78. The molecule has 5 nitrogen and oxygen atoms in total. The summed E-state index contributed by atoms with van der Waals surface area (Å²) in [4.78, 5) is 4.61. The minimum Gasteiger partial charge on any atom is -0.493 e. The van der Waals surface area contributed by atoms with Crippen LogP contribution < -0.4 is 20.5 Å². The molecule has 0 unspecified atom stereocenters. The summed E-state index contributed by atoms with van der Waals surface area (Å²) in [5.74, 6) is 2.00. The molecule has 0 saturated carbocycles. The van der Waals surface area contributed by atoms with Gasteiger partial charge in [-0.1, -0.05) is 25.4 Å². The van der Waals surface area contributed by atoms with Crippen molar-refractivity contribution in [2.75, 3.05) is 25.5 Å². The second kappa shape index (κ2) is 11.6. The molecule has 3 aromatic rings. The van der Waals surface area contributed by atoms with E-state index in [0.29, 0.717) is 28.8 Å². The van der Waals surface area contributed by atoms with Gasteiger partial charge in [-0.25, -0.2) is 0 Å². The molecule has 0 saturated heterocycles. The van der Waals surface area contributed by atoms with Gasteiger partial charge in [0.1, 0.15) is 5.75 Å². The van der Waals surface area contributed by atoms with Gasteiger partial charge in [-0.2, -0.15) is 0 Å². The van der Waals surface area contributed by atoms with Crippen molar-refractivity contribution in [1.29, 1.82) is 0 Å². The number of halogens is 1. The first kappa shape index (κ1) is 23.8. The average molecular weight is 430 g/mol. The van der Waals surface area contributed by atoms with E-state index in [9.17, 15) is 0 Å². The molecule has 6 heteroatoms. The number of methoxy groups -OCH3 is 1. The van der Waals surface area contributed by atoms with Gasteiger partial charge in [-0.15, -0.1) is 0 Å². The summed E-state index contributed by atoms with van der Waals surface area (Å²) < 4.78 is 11.9. The number of ether oxygens (including phenoxy) is 2. The van der Waals surface area contributed by atoms with Gasteiger partial charge < -0.3 is 20.5 Å². The maximum Gasteiger partial charge on any atom is 0.179 e. The molecule has 0 fully saturated rings. The summed E-state index contributed by atoms with van der Waals surface area (Å²) in [7, 11) is 1.64. The molecular weight excluding hydrogens is 398 g/mol. The highest BCUT2D eigenvalue weighted by atomic mass is 35.5. The standard InChI is InChI=1S/C22H26ClN3O2.C2H6/c1-14-8-11-26-21-18(25-10-5-4-9-24)13-19(27-3)22(20(14)21)28-16-6-7-17(23)15(2)12-16;1-2/h6-8,11-13,25H,4-5,9-10,24H2,1-3H3;1-2H3. The van der Waals surface area contributed by atoms with Crippen LogP contribution in [0.3, 0.4) is 0 Å². The zero-order valence-electron chi connectivity index (χ0n) is 18.5. The number of nitrogens with zero attached hydrogens (tertiary/aromatic N) is 1. The molecule has 3 rings (SSSR count). The highest BCUT2D eigenvalue weighted by Gasteiger charge is 2.18. The van der Waals surface area contributed by atoms with Crippen molar-refractivity contribution in [3.05, 3.63) is 52.7 Å². The van der Waals surface area contributed by atoms with Gasteiger partial charge >= 0.3 is 0 Å². The van der Waals surface area contributed by atoms with Crippen LogP contribution in [0, 0.1) is 13.8 Å². The lowest BCUT2D eigenvalue weighted by atomic mass is 10.1. The Bertz CT molecular complexity index is 976. The fraction of sp³-hybridized carbons (Fsp3) is 0.375. The Labute approximate surface area is 184 Å². The smallest absolute Gasteiger partial charge is 0.179 e. The Morgan fingerprint density at radius 1 is 1.07 bits per heavy atom. The van der Waals surface area contributed by atoms with E-state index in [1.807, 2.05) is 64.2 Å². The third-order valence-electron chi connectivity index (χ3n) is 4.66. The molecule has 0 aliphatic heterocycles. The number of fused-ring (bicyclic) bond motifs is 1. The number of pyridine rings is 1. The fourth-order valence-electron chi connectivity index (χ4n) is 3.12. The van der Waals surface area contributed by atoms with Crippen LogP contribution in [0.25, 0.3) is 10.9 Å². The Morgan fingerprint density at radius 3 is 2.50 bits per heavy atom. The van der Waals surface area contributed by atoms with Crippen LogP contribution in [-0.4, -0.2) is 25.2 Å². The number of benzene rings is 2. The highest BCUT2D eigenvalue weighted by molar-refractivity contribution is 6.31. The largest absolute Gasteiger partial charge is 0.493 e. The molecule has 30 heavy (non-hydrogen) atoms. The van der Waals surface area contributed by atoms with Crippen LogP contribution in [-0.2, 0) is 0 Å². The van der Waals surface area contributed by atoms with E-state index in [2.05, 4.69) is 10.3 Å². The Hall–Kier alpha value is -2.50. The van der Waals surface area contributed by atoms with Crippen LogP contribution in [0.4, 0.5) is 5.69 Å². The minimum atomic E-state index is 0.650.